The number of hydrogen-bond acceptors (Lipinski definition) is 8. The van der Waals surface area contributed by atoms with Gasteiger partial charge in [-0.3, -0.25) is 14.8 Å². The fraction of sp³-hybridized carbons (Fsp3) is 0.207. The van der Waals surface area contributed by atoms with Crippen molar-refractivity contribution in [2.45, 2.75) is 33.7 Å². The van der Waals surface area contributed by atoms with Crippen molar-refractivity contribution in [1.82, 2.24) is 19.9 Å². The van der Waals surface area contributed by atoms with Crippen LogP contribution in [0.1, 0.15) is 35.7 Å². The Labute approximate surface area is 221 Å². The molecule has 2 heterocycles. The van der Waals surface area contributed by atoms with Gasteiger partial charge < -0.3 is 21.8 Å². The van der Waals surface area contributed by atoms with Crippen LogP contribution in [0.2, 0.25) is 0 Å². The summed E-state index contributed by atoms with van der Waals surface area (Å²) < 4.78 is 1.73. The maximum absolute atomic E-state index is 13.8. The fourth-order valence-electron chi connectivity index (χ4n) is 4.41. The van der Waals surface area contributed by atoms with E-state index in [1.165, 1.54) is 6.33 Å². The summed E-state index contributed by atoms with van der Waals surface area (Å²) in [6.07, 6.45) is 4.96. The van der Waals surface area contributed by atoms with Gasteiger partial charge in [-0.25, -0.2) is 9.97 Å². The molecule has 4 rings (SSSR count). The lowest BCUT2D eigenvalue weighted by molar-refractivity contribution is 0.808. The third-order valence-electron chi connectivity index (χ3n) is 6.35. The van der Waals surface area contributed by atoms with Crippen molar-refractivity contribution in [2.24, 2.45) is 0 Å². The van der Waals surface area contributed by atoms with Crippen molar-refractivity contribution in [3.05, 3.63) is 99.4 Å². The number of allylic oxidation sites excluding steroid dienone is 1. The van der Waals surface area contributed by atoms with Gasteiger partial charge in [0, 0.05) is 30.2 Å². The van der Waals surface area contributed by atoms with Crippen LogP contribution in [0.15, 0.2) is 71.4 Å². The third kappa shape index (κ3) is 5.17. The van der Waals surface area contributed by atoms with Crippen LogP contribution in [-0.2, 0) is 6.54 Å². The maximum Gasteiger partial charge on any atom is 0.263 e. The van der Waals surface area contributed by atoms with Gasteiger partial charge in [0.05, 0.1) is 28.9 Å². The zero-order valence-corrected chi connectivity index (χ0v) is 21.8. The molecule has 194 valence electrons. The van der Waals surface area contributed by atoms with Gasteiger partial charge >= 0.3 is 0 Å². The SMILES string of the molecule is CCCN/C=C(\C=N)C(=N)c1c(N)ncnc1NCc1cc2cccc(C)c2c(=O)n1-c1ccccc1C. The van der Waals surface area contributed by atoms with Gasteiger partial charge in [-0.15, -0.1) is 0 Å². The third-order valence-corrected chi connectivity index (χ3v) is 6.35. The number of aryl methyl sites for hydroxylation is 2. The van der Waals surface area contributed by atoms with E-state index < -0.39 is 0 Å². The quantitative estimate of drug-likeness (QED) is 0.158. The molecule has 0 aliphatic rings. The van der Waals surface area contributed by atoms with Crippen LogP contribution < -0.4 is 21.9 Å². The van der Waals surface area contributed by atoms with E-state index in [0.717, 1.165) is 40.5 Å². The standard InChI is InChI=1S/C29H32N8O/c1-4-12-33-15-21(14-30)26(31)25-27(32)35-17-36-28(25)34-16-22-13-20-10-7-9-19(3)24(20)29(38)37(22)23-11-6-5-8-18(23)2/h5-11,13-15,17,30-31,33H,4,12,16H2,1-3H3,(H3,32,34,35,36)/b21-15+,30-14?,31-26?. The van der Waals surface area contributed by atoms with Crippen LogP contribution in [0.3, 0.4) is 0 Å². The van der Waals surface area contributed by atoms with Gasteiger partial charge in [0.25, 0.3) is 5.56 Å². The average Bonchev–Trinajstić information content (AvgIpc) is 2.90. The molecular formula is C29H32N8O. The summed E-state index contributed by atoms with van der Waals surface area (Å²) in [6.45, 7) is 6.90. The van der Waals surface area contributed by atoms with Crippen LogP contribution in [0.25, 0.3) is 16.5 Å². The molecule has 6 N–H and O–H groups in total. The van der Waals surface area contributed by atoms with E-state index in [9.17, 15) is 4.79 Å². The van der Waals surface area contributed by atoms with Gasteiger partial charge in [-0.05, 0) is 48.9 Å². The molecule has 0 saturated heterocycles. The van der Waals surface area contributed by atoms with Crippen molar-refractivity contribution in [2.75, 3.05) is 17.6 Å². The van der Waals surface area contributed by atoms with Crippen molar-refractivity contribution in [3.63, 3.8) is 0 Å². The number of nitrogen functional groups attached to an aromatic ring is 1. The molecule has 4 aromatic rings. The molecular weight excluding hydrogens is 476 g/mol. The highest BCUT2D eigenvalue weighted by atomic mass is 16.1. The molecule has 38 heavy (non-hydrogen) atoms. The summed E-state index contributed by atoms with van der Waals surface area (Å²) in [5.41, 5.74) is 10.2. The first kappa shape index (κ1) is 26.3. The van der Waals surface area contributed by atoms with Crippen molar-refractivity contribution < 1.29 is 0 Å². The Bertz CT molecular complexity index is 1600. The Kier molecular flexibility index (Phi) is 7.96. The van der Waals surface area contributed by atoms with Gasteiger partial charge in [-0.2, -0.15) is 0 Å². The molecule has 0 fully saturated rings. The smallest absolute Gasteiger partial charge is 0.263 e. The number of nitrogens with two attached hydrogens (primary N) is 1. The zero-order valence-electron chi connectivity index (χ0n) is 21.8. The first-order valence-corrected chi connectivity index (χ1v) is 12.4. The van der Waals surface area contributed by atoms with E-state index in [1.807, 2.05) is 69.3 Å². The number of fused-ring (bicyclic) bond motifs is 1. The molecule has 9 heteroatoms. The molecule has 0 bridgehead atoms. The van der Waals surface area contributed by atoms with Gasteiger partial charge in [0.15, 0.2) is 0 Å². The highest BCUT2D eigenvalue weighted by Gasteiger charge is 2.19. The van der Waals surface area contributed by atoms with Crippen LogP contribution in [0, 0.1) is 24.7 Å². The Morgan fingerprint density at radius 2 is 1.87 bits per heavy atom. The van der Waals surface area contributed by atoms with Crippen LogP contribution >= 0.6 is 0 Å². The molecule has 0 saturated carbocycles. The van der Waals surface area contributed by atoms with Gasteiger partial charge in [0.2, 0.25) is 0 Å². The molecule has 0 amide bonds. The Balaban J connectivity index is 1.80. The second kappa shape index (κ2) is 11.5. The number of rotatable bonds is 10. The van der Waals surface area contributed by atoms with Crippen molar-refractivity contribution in [3.8, 4) is 5.69 Å². The molecule has 0 aliphatic heterocycles. The molecule has 0 unspecified atom stereocenters. The lowest BCUT2D eigenvalue weighted by atomic mass is 10.0. The lowest BCUT2D eigenvalue weighted by Gasteiger charge is -2.19. The predicted molar refractivity (Wildman–Crippen MR) is 155 cm³/mol. The van der Waals surface area contributed by atoms with E-state index in [4.69, 9.17) is 16.6 Å². The zero-order chi connectivity index (χ0) is 27.2. The highest BCUT2D eigenvalue weighted by molar-refractivity contribution is 6.25. The molecule has 0 spiro atoms. The average molecular weight is 509 g/mol. The number of benzene rings is 2. The summed E-state index contributed by atoms with van der Waals surface area (Å²) in [5, 5.41) is 24.4. The number of hydrogen-bond donors (Lipinski definition) is 5. The van der Waals surface area contributed by atoms with E-state index in [1.54, 1.807) is 10.8 Å². The number of anilines is 2. The maximum atomic E-state index is 13.8. The summed E-state index contributed by atoms with van der Waals surface area (Å²) in [7, 11) is 0. The topological polar surface area (TPSA) is 146 Å². The molecule has 2 aromatic carbocycles. The Hall–Kier alpha value is -4.79. The largest absolute Gasteiger partial charge is 0.390 e. The summed E-state index contributed by atoms with van der Waals surface area (Å²) in [6, 6.07) is 15.6. The predicted octanol–water partition coefficient (Wildman–Crippen LogP) is 4.49. The summed E-state index contributed by atoms with van der Waals surface area (Å²) >= 11 is 0. The molecule has 0 radical (unpaired) electrons. The summed E-state index contributed by atoms with van der Waals surface area (Å²) in [4.78, 5) is 22.3. The second-order valence-electron chi connectivity index (χ2n) is 9.01. The highest BCUT2D eigenvalue weighted by Crippen LogP contribution is 2.24. The monoisotopic (exact) mass is 508 g/mol. The number of para-hydroxylation sites is 1. The van der Waals surface area contributed by atoms with E-state index in [0.29, 0.717) is 28.9 Å². The fourth-order valence-corrected chi connectivity index (χ4v) is 4.41. The van der Waals surface area contributed by atoms with Crippen LogP contribution in [0.5, 0.6) is 0 Å². The van der Waals surface area contributed by atoms with Crippen LogP contribution in [0.4, 0.5) is 11.6 Å². The van der Waals surface area contributed by atoms with Gasteiger partial charge in [-0.1, -0.05) is 43.3 Å². The van der Waals surface area contributed by atoms with E-state index in [2.05, 4.69) is 20.6 Å². The minimum absolute atomic E-state index is 0.0228. The van der Waals surface area contributed by atoms with Crippen LogP contribution in [-0.4, -0.2) is 33.0 Å². The number of nitrogens with zero attached hydrogens (tertiary/aromatic N) is 3. The Morgan fingerprint density at radius 3 is 2.61 bits per heavy atom. The molecule has 9 nitrogen and oxygen atoms in total. The minimum atomic E-state index is -0.0992. The molecule has 0 aliphatic carbocycles. The number of aromatic nitrogens is 3. The number of pyridine rings is 1. The first-order valence-electron chi connectivity index (χ1n) is 12.4. The van der Waals surface area contributed by atoms with E-state index >= 15 is 0 Å². The first-order chi connectivity index (χ1) is 18.4. The van der Waals surface area contributed by atoms with Crippen molar-refractivity contribution in [1.29, 1.82) is 10.8 Å². The second-order valence-corrected chi connectivity index (χ2v) is 9.01. The van der Waals surface area contributed by atoms with E-state index in [-0.39, 0.29) is 23.6 Å². The summed E-state index contributed by atoms with van der Waals surface area (Å²) in [5.74, 6) is 0.472. The van der Waals surface area contributed by atoms with Gasteiger partial charge in [0.1, 0.15) is 18.0 Å². The number of nitrogens with one attached hydrogen (secondary N) is 4. The lowest BCUT2D eigenvalue weighted by Crippen LogP contribution is -2.25. The van der Waals surface area contributed by atoms with Crippen molar-refractivity contribution >= 4 is 34.3 Å². The normalized spacial score (nSPS) is 11.4. The molecule has 2 aromatic heterocycles. The minimum Gasteiger partial charge on any atom is -0.390 e. The molecule has 0 atom stereocenters. The Morgan fingerprint density at radius 1 is 1.11 bits per heavy atom.